The van der Waals surface area contributed by atoms with Crippen molar-refractivity contribution in [2.24, 2.45) is 0 Å². The minimum Gasteiger partial charge on any atom is -0.496 e. The molecule has 0 heterocycles. The van der Waals surface area contributed by atoms with Gasteiger partial charge in [0.25, 0.3) is 0 Å². The number of aryl methyl sites for hydroxylation is 1. The molecule has 0 aliphatic heterocycles. The highest BCUT2D eigenvalue weighted by atomic mass is 79.9. The lowest BCUT2D eigenvalue weighted by molar-refractivity contribution is -0.145. The van der Waals surface area contributed by atoms with E-state index in [1.54, 1.807) is 7.11 Å². The van der Waals surface area contributed by atoms with Crippen LogP contribution in [0.2, 0.25) is 0 Å². The Bertz CT molecular complexity index is 490. The number of halogens is 1. The van der Waals surface area contributed by atoms with E-state index in [1.807, 2.05) is 19.1 Å². The molecular weight excluding hydrogens is 308 g/mol. The highest BCUT2D eigenvalue weighted by molar-refractivity contribution is 9.10. The third kappa shape index (κ3) is 2.50. The lowest BCUT2D eigenvalue weighted by atomic mass is 9.69. The predicted molar refractivity (Wildman–Crippen MR) is 77.8 cm³/mol. The second-order valence-electron chi connectivity index (χ2n) is 5.25. The van der Waals surface area contributed by atoms with Crippen molar-refractivity contribution < 1.29 is 14.6 Å². The molecule has 3 nitrogen and oxygen atoms in total. The summed E-state index contributed by atoms with van der Waals surface area (Å²) in [4.78, 5) is 11.9. The summed E-state index contributed by atoms with van der Waals surface area (Å²) in [6.07, 6.45) is 4.46. The van der Waals surface area contributed by atoms with Crippen LogP contribution in [0.5, 0.6) is 5.75 Å². The fourth-order valence-corrected chi connectivity index (χ4v) is 3.83. The number of ether oxygens (including phenoxy) is 1. The van der Waals surface area contributed by atoms with Gasteiger partial charge in [0.2, 0.25) is 0 Å². The van der Waals surface area contributed by atoms with Crippen molar-refractivity contribution in [2.75, 3.05) is 7.11 Å². The zero-order chi connectivity index (χ0) is 14.0. The van der Waals surface area contributed by atoms with Gasteiger partial charge in [-0.25, -0.2) is 0 Å². The maximum Gasteiger partial charge on any atom is 0.314 e. The summed E-state index contributed by atoms with van der Waals surface area (Å²) in [5.41, 5.74) is 1.09. The molecule has 0 atom stereocenters. The van der Waals surface area contributed by atoms with Crippen molar-refractivity contribution >= 4 is 21.9 Å². The topological polar surface area (TPSA) is 46.5 Å². The normalized spacial score (nSPS) is 18.1. The van der Waals surface area contributed by atoms with Crippen LogP contribution in [-0.4, -0.2) is 18.2 Å². The van der Waals surface area contributed by atoms with Crippen molar-refractivity contribution in [3.05, 3.63) is 27.7 Å². The Balaban J connectivity index is 2.56. The molecular formula is C15H19BrO3. The van der Waals surface area contributed by atoms with Gasteiger partial charge in [-0.05, 0) is 43.0 Å². The van der Waals surface area contributed by atoms with E-state index in [2.05, 4.69) is 15.9 Å². The van der Waals surface area contributed by atoms with E-state index >= 15 is 0 Å². The number of methoxy groups -OCH3 is 1. The summed E-state index contributed by atoms with van der Waals surface area (Å²) in [5.74, 6) is 0.0307. The molecule has 1 fully saturated rings. The number of carbonyl (C=O) groups is 1. The first-order valence-electron chi connectivity index (χ1n) is 6.59. The second-order valence-corrected chi connectivity index (χ2v) is 6.10. The summed E-state index contributed by atoms with van der Waals surface area (Å²) < 4.78 is 6.21. The zero-order valence-electron chi connectivity index (χ0n) is 11.3. The van der Waals surface area contributed by atoms with Crippen LogP contribution in [-0.2, 0) is 10.2 Å². The molecule has 4 heteroatoms. The smallest absolute Gasteiger partial charge is 0.314 e. The number of hydrogen-bond donors (Lipinski definition) is 1. The first-order valence-corrected chi connectivity index (χ1v) is 7.38. The molecule has 1 aliphatic rings. The van der Waals surface area contributed by atoms with Crippen LogP contribution >= 0.6 is 15.9 Å². The predicted octanol–water partition coefficient (Wildman–Crippen LogP) is 4.05. The fourth-order valence-electron chi connectivity index (χ4n) is 2.99. The number of rotatable bonds is 3. The Hall–Kier alpha value is -1.03. The maximum absolute atomic E-state index is 11.9. The lowest BCUT2D eigenvalue weighted by Crippen LogP contribution is -2.38. The molecule has 2 rings (SSSR count). The highest BCUT2D eigenvalue weighted by Gasteiger charge is 2.42. The first kappa shape index (κ1) is 14.4. The van der Waals surface area contributed by atoms with Gasteiger partial charge >= 0.3 is 5.97 Å². The third-order valence-electron chi connectivity index (χ3n) is 4.12. The van der Waals surface area contributed by atoms with Crippen LogP contribution in [0.15, 0.2) is 16.6 Å². The van der Waals surface area contributed by atoms with E-state index in [0.29, 0.717) is 12.8 Å². The van der Waals surface area contributed by atoms with E-state index in [1.165, 1.54) is 0 Å². The molecule has 0 aromatic heterocycles. The van der Waals surface area contributed by atoms with Crippen molar-refractivity contribution in [3.8, 4) is 5.75 Å². The molecule has 0 bridgehead atoms. The second kappa shape index (κ2) is 5.53. The molecule has 0 radical (unpaired) electrons. The van der Waals surface area contributed by atoms with Crippen LogP contribution in [0, 0.1) is 6.92 Å². The lowest BCUT2D eigenvalue weighted by Gasteiger charge is -2.34. The van der Waals surface area contributed by atoms with Gasteiger partial charge in [-0.1, -0.05) is 35.2 Å². The average molecular weight is 327 g/mol. The van der Waals surface area contributed by atoms with Crippen LogP contribution < -0.4 is 4.74 Å². The van der Waals surface area contributed by atoms with Crippen LogP contribution in [0.3, 0.4) is 0 Å². The molecule has 0 saturated heterocycles. The molecule has 19 heavy (non-hydrogen) atoms. The standard InChI is InChI=1S/C15H19BrO3/c1-10-8-12(16)11(9-13(10)19-2)15(14(17)18)6-4-3-5-7-15/h8-9H,3-7H2,1-2H3,(H,17,18). The quantitative estimate of drug-likeness (QED) is 0.911. The molecule has 1 saturated carbocycles. The van der Waals surface area contributed by atoms with Gasteiger partial charge in [-0.2, -0.15) is 0 Å². The van der Waals surface area contributed by atoms with Gasteiger partial charge < -0.3 is 9.84 Å². The number of carboxylic acid groups (broad SMARTS) is 1. The molecule has 0 spiro atoms. The number of aliphatic carboxylic acids is 1. The van der Waals surface area contributed by atoms with Gasteiger partial charge in [0.05, 0.1) is 12.5 Å². The Morgan fingerprint density at radius 1 is 1.32 bits per heavy atom. The summed E-state index contributed by atoms with van der Waals surface area (Å²) >= 11 is 3.53. The minimum absolute atomic E-state index is 0.702. The summed E-state index contributed by atoms with van der Waals surface area (Å²) in [7, 11) is 1.62. The molecule has 1 aromatic rings. The molecule has 1 aliphatic carbocycles. The van der Waals surface area contributed by atoms with Gasteiger partial charge in [0.1, 0.15) is 5.75 Å². The van der Waals surface area contributed by atoms with Crippen LogP contribution in [0.4, 0.5) is 0 Å². The molecule has 0 unspecified atom stereocenters. The summed E-state index contributed by atoms with van der Waals surface area (Å²) in [6, 6.07) is 3.84. The first-order chi connectivity index (χ1) is 9.01. The minimum atomic E-state index is -0.766. The van der Waals surface area contributed by atoms with E-state index in [4.69, 9.17) is 4.74 Å². The monoisotopic (exact) mass is 326 g/mol. The van der Waals surface area contributed by atoms with E-state index in [-0.39, 0.29) is 0 Å². The van der Waals surface area contributed by atoms with Crippen molar-refractivity contribution in [1.29, 1.82) is 0 Å². The Kier molecular flexibility index (Phi) is 4.19. The third-order valence-corrected chi connectivity index (χ3v) is 4.77. The van der Waals surface area contributed by atoms with E-state index in [0.717, 1.165) is 40.6 Å². The average Bonchev–Trinajstić information content (AvgIpc) is 2.39. The maximum atomic E-state index is 11.9. The van der Waals surface area contributed by atoms with E-state index < -0.39 is 11.4 Å². The van der Waals surface area contributed by atoms with Crippen molar-refractivity contribution in [3.63, 3.8) is 0 Å². The Labute approximate surface area is 122 Å². The number of carboxylic acids is 1. The highest BCUT2D eigenvalue weighted by Crippen LogP contribution is 2.44. The number of hydrogen-bond acceptors (Lipinski definition) is 2. The van der Waals surface area contributed by atoms with Crippen molar-refractivity contribution in [1.82, 2.24) is 0 Å². The van der Waals surface area contributed by atoms with Gasteiger partial charge in [-0.3, -0.25) is 4.79 Å². The van der Waals surface area contributed by atoms with Crippen molar-refractivity contribution in [2.45, 2.75) is 44.4 Å². The molecule has 104 valence electrons. The van der Waals surface area contributed by atoms with Crippen LogP contribution in [0.1, 0.15) is 43.2 Å². The Morgan fingerprint density at radius 3 is 2.47 bits per heavy atom. The van der Waals surface area contributed by atoms with Gasteiger partial charge in [-0.15, -0.1) is 0 Å². The van der Waals surface area contributed by atoms with Gasteiger partial charge in [0, 0.05) is 4.47 Å². The molecule has 0 amide bonds. The molecule has 1 aromatic carbocycles. The fraction of sp³-hybridized carbons (Fsp3) is 0.533. The zero-order valence-corrected chi connectivity index (χ0v) is 12.9. The largest absolute Gasteiger partial charge is 0.496 e. The number of benzene rings is 1. The molecule has 1 N–H and O–H groups in total. The van der Waals surface area contributed by atoms with Gasteiger partial charge in [0.15, 0.2) is 0 Å². The van der Waals surface area contributed by atoms with Crippen LogP contribution in [0.25, 0.3) is 0 Å². The summed E-state index contributed by atoms with van der Waals surface area (Å²) in [6.45, 7) is 1.96. The summed E-state index contributed by atoms with van der Waals surface area (Å²) in [5, 5.41) is 9.74. The van der Waals surface area contributed by atoms with E-state index in [9.17, 15) is 9.90 Å². The Morgan fingerprint density at radius 2 is 1.95 bits per heavy atom. The SMILES string of the molecule is COc1cc(C2(C(=O)O)CCCCC2)c(Br)cc1C.